The maximum Gasteiger partial charge on any atom is 0.118 e. The number of ether oxygens (including phenoxy) is 1. The Morgan fingerprint density at radius 2 is 1.75 bits per heavy atom. The predicted molar refractivity (Wildman–Crippen MR) is 89.1 cm³/mol. The first-order chi connectivity index (χ1) is 9.69. The number of aromatic nitrogens is 1. The summed E-state index contributed by atoms with van der Waals surface area (Å²) in [4.78, 5) is 4.45. The average molecular weight is 393 g/mol. The molecular formula is C16H11Br2NO. The molecule has 3 rings (SSSR count). The average Bonchev–Trinajstić information content (AvgIpc) is 2.47. The molecule has 0 aliphatic carbocycles. The minimum absolute atomic E-state index is 0.851. The molecule has 20 heavy (non-hydrogen) atoms. The highest BCUT2D eigenvalue weighted by Crippen LogP contribution is 2.36. The van der Waals surface area contributed by atoms with Crippen LogP contribution in [0.4, 0.5) is 0 Å². The van der Waals surface area contributed by atoms with Crippen LogP contribution >= 0.6 is 31.9 Å². The number of rotatable bonds is 2. The molecule has 1 heterocycles. The summed E-state index contributed by atoms with van der Waals surface area (Å²) in [6.45, 7) is 0. The topological polar surface area (TPSA) is 22.1 Å². The van der Waals surface area contributed by atoms with E-state index in [1.54, 1.807) is 7.11 Å². The monoisotopic (exact) mass is 391 g/mol. The normalized spacial score (nSPS) is 10.8. The van der Waals surface area contributed by atoms with E-state index in [2.05, 4.69) is 55.0 Å². The van der Waals surface area contributed by atoms with Crippen LogP contribution in [0.15, 0.2) is 57.6 Å². The van der Waals surface area contributed by atoms with Gasteiger partial charge < -0.3 is 4.74 Å². The SMILES string of the molecule is COc1ccc(-c2c(Br)cnc3ccc(Br)cc23)cc1. The smallest absolute Gasteiger partial charge is 0.118 e. The van der Waals surface area contributed by atoms with E-state index >= 15 is 0 Å². The number of pyridine rings is 1. The second-order valence-electron chi connectivity index (χ2n) is 4.37. The molecule has 0 aliphatic rings. The van der Waals surface area contributed by atoms with Crippen LogP contribution in [-0.4, -0.2) is 12.1 Å². The van der Waals surface area contributed by atoms with Crippen molar-refractivity contribution in [2.45, 2.75) is 0 Å². The van der Waals surface area contributed by atoms with Crippen molar-refractivity contribution in [1.29, 1.82) is 0 Å². The lowest BCUT2D eigenvalue weighted by atomic mass is 10.0. The summed E-state index contributed by atoms with van der Waals surface area (Å²) >= 11 is 7.13. The van der Waals surface area contributed by atoms with Crippen molar-refractivity contribution in [2.24, 2.45) is 0 Å². The fraction of sp³-hybridized carbons (Fsp3) is 0.0625. The second-order valence-corrected chi connectivity index (χ2v) is 6.14. The zero-order chi connectivity index (χ0) is 14.1. The molecule has 0 unspecified atom stereocenters. The lowest BCUT2D eigenvalue weighted by molar-refractivity contribution is 0.415. The Labute approximate surface area is 134 Å². The van der Waals surface area contributed by atoms with E-state index in [9.17, 15) is 0 Å². The molecule has 1 aromatic heterocycles. The molecule has 3 aromatic rings. The third-order valence-electron chi connectivity index (χ3n) is 3.16. The number of nitrogens with zero attached hydrogens (tertiary/aromatic N) is 1. The van der Waals surface area contributed by atoms with Gasteiger partial charge in [0.15, 0.2) is 0 Å². The van der Waals surface area contributed by atoms with E-state index < -0.39 is 0 Å². The van der Waals surface area contributed by atoms with Crippen LogP contribution in [0.5, 0.6) is 5.75 Å². The van der Waals surface area contributed by atoms with Gasteiger partial charge in [-0.05, 0) is 51.8 Å². The number of halogens is 2. The van der Waals surface area contributed by atoms with Crippen molar-refractivity contribution < 1.29 is 4.74 Å². The molecule has 0 bridgehead atoms. The largest absolute Gasteiger partial charge is 0.497 e. The van der Waals surface area contributed by atoms with Gasteiger partial charge >= 0.3 is 0 Å². The molecule has 100 valence electrons. The Morgan fingerprint density at radius 1 is 1.00 bits per heavy atom. The van der Waals surface area contributed by atoms with Gasteiger partial charge in [-0.15, -0.1) is 0 Å². The molecule has 2 nitrogen and oxygen atoms in total. The number of fused-ring (bicyclic) bond motifs is 1. The molecule has 0 atom stereocenters. The highest BCUT2D eigenvalue weighted by atomic mass is 79.9. The Kier molecular flexibility index (Phi) is 3.76. The van der Waals surface area contributed by atoms with Gasteiger partial charge in [0.05, 0.1) is 12.6 Å². The number of methoxy groups -OCH3 is 1. The lowest BCUT2D eigenvalue weighted by Gasteiger charge is -2.10. The van der Waals surface area contributed by atoms with Crippen LogP contribution in [-0.2, 0) is 0 Å². The van der Waals surface area contributed by atoms with Crippen molar-refractivity contribution in [3.63, 3.8) is 0 Å². The van der Waals surface area contributed by atoms with E-state index in [0.717, 1.165) is 36.7 Å². The first kappa shape index (κ1) is 13.6. The molecule has 0 amide bonds. The third-order valence-corrected chi connectivity index (χ3v) is 4.26. The summed E-state index contributed by atoms with van der Waals surface area (Å²) in [6.07, 6.45) is 1.84. The Morgan fingerprint density at radius 3 is 2.45 bits per heavy atom. The maximum atomic E-state index is 5.21. The van der Waals surface area contributed by atoms with Gasteiger partial charge in [0.2, 0.25) is 0 Å². The molecule has 2 aromatic carbocycles. The van der Waals surface area contributed by atoms with Gasteiger partial charge in [0.1, 0.15) is 5.75 Å². The van der Waals surface area contributed by atoms with Gasteiger partial charge in [-0.1, -0.05) is 28.1 Å². The number of benzene rings is 2. The summed E-state index contributed by atoms with van der Waals surface area (Å²) in [5.41, 5.74) is 3.24. The Bertz CT molecular complexity index is 764. The van der Waals surface area contributed by atoms with Gasteiger partial charge in [-0.25, -0.2) is 0 Å². The third kappa shape index (κ3) is 2.45. The minimum Gasteiger partial charge on any atom is -0.497 e. The first-order valence-electron chi connectivity index (χ1n) is 6.07. The van der Waals surface area contributed by atoms with Gasteiger partial charge in [0, 0.05) is 26.1 Å². The van der Waals surface area contributed by atoms with E-state index in [4.69, 9.17) is 4.74 Å². The zero-order valence-corrected chi connectivity index (χ0v) is 13.9. The van der Waals surface area contributed by atoms with Crippen molar-refractivity contribution in [2.75, 3.05) is 7.11 Å². The minimum atomic E-state index is 0.851. The lowest BCUT2D eigenvalue weighted by Crippen LogP contribution is -1.88. The van der Waals surface area contributed by atoms with Crippen molar-refractivity contribution in [3.05, 3.63) is 57.6 Å². The fourth-order valence-corrected chi connectivity index (χ4v) is 3.10. The molecule has 0 fully saturated rings. The van der Waals surface area contributed by atoms with Crippen molar-refractivity contribution in [3.8, 4) is 16.9 Å². The van der Waals surface area contributed by atoms with E-state index in [1.807, 2.05) is 30.5 Å². The molecule has 0 aliphatic heterocycles. The van der Waals surface area contributed by atoms with E-state index in [0.29, 0.717) is 0 Å². The van der Waals surface area contributed by atoms with Crippen LogP contribution in [0, 0.1) is 0 Å². The van der Waals surface area contributed by atoms with Gasteiger partial charge in [0.25, 0.3) is 0 Å². The fourth-order valence-electron chi connectivity index (χ4n) is 2.19. The summed E-state index contributed by atoms with van der Waals surface area (Å²) in [6, 6.07) is 14.1. The van der Waals surface area contributed by atoms with E-state index in [-0.39, 0.29) is 0 Å². The van der Waals surface area contributed by atoms with Crippen LogP contribution in [0.1, 0.15) is 0 Å². The number of hydrogen-bond acceptors (Lipinski definition) is 2. The molecular weight excluding hydrogens is 382 g/mol. The Hall–Kier alpha value is -1.39. The van der Waals surface area contributed by atoms with Crippen LogP contribution < -0.4 is 4.74 Å². The highest BCUT2D eigenvalue weighted by Gasteiger charge is 2.10. The predicted octanol–water partition coefficient (Wildman–Crippen LogP) is 5.44. The quantitative estimate of drug-likeness (QED) is 0.579. The van der Waals surface area contributed by atoms with E-state index in [1.165, 1.54) is 0 Å². The summed E-state index contributed by atoms with van der Waals surface area (Å²) in [7, 11) is 1.67. The molecule has 0 saturated carbocycles. The van der Waals surface area contributed by atoms with Crippen LogP contribution in [0.3, 0.4) is 0 Å². The molecule has 0 saturated heterocycles. The second kappa shape index (κ2) is 5.54. The van der Waals surface area contributed by atoms with Crippen molar-refractivity contribution in [1.82, 2.24) is 4.98 Å². The van der Waals surface area contributed by atoms with Gasteiger partial charge in [-0.3, -0.25) is 4.98 Å². The standard InChI is InChI=1S/C16H11Br2NO/c1-20-12-5-2-10(3-6-12)16-13-8-11(17)4-7-15(13)19-9-14(16)18/h2-9H,1H3. The summed E-state index contributed by atoms with van der Waals surface area (Å²) in [5, 5.41) is 1.11. The zero-order valence-electron chi connectivity index (χ0n) is 10.7. The van der Waals surface area contributed by atoms with Crippen LogP contribution in [0.2, 0.25) is 0 Å². The highest BCUT2D eigenvalue weighted by molar-refractivity contribution is 9.10. The maximum absolute atomic E-state index is 5.21. The van der Waals surface area contributed by atoms with Gasteiger partial charge in [-0.2, -0.15) is 0 Å². The first-order valence-corrected chi connectivity index (χ1v) is 7.66. The molecule has 0 N–H and O–H groups in total. The van der Waals surface area contributed by atoms with Crippen LogP contribution in [0.25, 0.3) is 22.0 Å². The Balaban J connectivity index is 2.27. The molecule has 4 heteroatoms. The summed E-state index contributed by atoms with van der Waals surface area (Å²) < 4.78 is 7.23. The molecule has 0 spiro atoms. The molecule has 0 radical (unpaired) electrons. The summed E-state index contributed by atoms with van der Waals surface area (Å²) in [5.74, 6) is 0.851. The van der Waals surface area contributed by atoms with Crippen molar-refractivity contribution >= 4 is 42.8 Å². The number of hydrogen-bond donors (Lipinski definition) is 0.